The number of aliphatic hydroxyl groups excluding tert-OH is 1. The molecule has 1 aliphatic heterocycles. The molecular formula is C17H18N4O3S2. The predicted octanol–water partition coefficient (Wildman–Crippen LogP) is 1.71. The van der Waals surface area contributed by atoms with E-state index in [4.69, 9.17) is 17.3 Å². The van der Waals surface area contributed by atoms with Crippen LogP contribution in [0, 0.1) is 0 Å². The van der Waals surface area contributed by atoms with Crippen LogP contribution in [0.2, 0.25) is 0 Å². The number of hydrogen-bond acceptors (Lipinski definition) is 7. The van der Waals surface area contributed by atoms with E-state index >= 15 is 0 Å². The lowest BCUT2D eigenvalue weighted by atomic mass is 10.2. The zero-order valence-corrected chi connectivity index (χ0v) is 15.9. The second kappa shape index (κ2) is 7.56. The standard InChI is InChI=1S/C17H18N4O3S2/c1-10(2)21-16(24)12(26-17(21)25)9-11-14(18-6-8-22)19-13-5-3-4-7-20(13)15(11)23/h3-5,7,9-10,18,22H,6,8H2,1-2H3. The average molecular weight is 390 g/mol. The highest BCUT2D eigenvalue weighted by atomic mass is 32.2. The number of hydrogen-bond donors (Lipinski definition) is 2. The molecular weight excluding hydrogens is 372 g/mol. The molecule has 2 N–H and O–H groups in total. The Morgan fingerprint density at radius 2 is 2.15 bits per heavy atom. The monoisotopic (exact) mass is 390 g/mol. The molecule has 7 nitrogen and oxygen atoms in total. The number of carbonyl (C=O) groups excluding carboxylic acids is 1. The van der Waals surface area contributed by atoms with Crippen LogP contribution in [0.4, 0.5) is 5.82 Å². The van der Waals surface area contributed by atoms with Crippen molar-refractivity contribution in [1.29, 1.82) is 0 Å². The van der Waals surface area contributed by atoms with Gasteiger partial charge in [0.25, 0.3) is 11.5 Å². The van der Waals surface area contributed by atoms with E-state index in [1.807, 2.05) is 13.8 Å². The number of thioether (sulfide) groups is 1. The Hall–Kier alpha value is -2.23. The third-order valence-corrected chi connectivity index (χ3v) is 5.12. The van der Waals surface area contributed by atoms with Gasteiger partial charge in [0.2, 0.25) is 0 Å². The van der Waals surface area contributed by atoms with Gasteiger partial charge >= 0.3 is 0 Å². The molecule has 0 bridgehead atoms. The number of aromatic nitrogens is 2. The largest absolute Gasteiger partial charge is 0.395 e. The van der Waals surface area contributed by atoms with Gasteiger partial charge in [-0.25, -0.2) is 4.98 Å². The average Bonchev–Trinajstić information content (AvgIpc) is 2.89. The molecule has 0 atom stereocenters. The van der Waals surface area contributed by atoms with E-state index in [2.05, 4.69) is 10.3 Å². The minimum atomic E-state index is -0.300. The van der Waals surface area contributed by atoms with Crippen molar-refractivity contribution in [3.63, 3.8) is 0 Å². The predicted molar refractivity (Wildman–Crippen MR) is 107 cm³/mol. The topological polar surface area (TPSA) is 86.9 Å². The Morgan fingerprint density at radius 3 is 2.81 bits per heavy atom. The second-order valence-electron chi connectivity index (χ2n) is 5.90. The van der Waals surface area contributed by atoms with Crippen molar-refractivity contribution in [3.8, 4) is 0 Å². The molecule has 3 rings (SSSR count). The zero-order chi connectivity index (χ0) is 18.8. The molecule has 0 aliphatic carbocycles. The second-order valence-corrected chi connectivity index (χ2v) is 7.58. The summed E-state index contributed by atoms with van der Waals surface area (Å²) in [5.41, 5.74) is 0.432. The summed E-state index contributed by atoms with van der Waals surface area (Å²) >= 11 is 6.45. The van der Waals surface area contributed by atoms with Crippen molar-refractivity contribution in [2.24, 2.45) is 0 Å². The van der Waals surface area contributed by atoms with Gasteiger partial charge in [0.1, 0.15) is 15.8 Å². The Bertz CT molecular complexity index is 968. The van der Waals surface area contributed by atoms with Gasteiger partial charge in [-0.05, 0) is 32.1 Å². The van der Waals surface area contributed by atoms with Crippen molar-refractivity contribution >= 4 is 51.7 Å². The van der Waals surface area contributed by atoms with Crippen molar-refractivity contribution in [2.45, 2.75) is 19.9 Å². The van der Waals surface area contributed by atoms with E-state index in [0.29, 0.717) is 20.7 Å². The maximum Gasteiger partial charge on any atom is 0.267 e. The van der Waals surface area contributed by atoms with Crippen LogP contribution in [0.25, 0.3) is 11.7 Å². The summed E-state index contributed by atoms with van der Waals surface area (Å²) in [7, 11) is 0. The van der Waals surface area contributed by atoms with Crippen LogP contribution in [-0.4, -0.2) is 48.8 Å². The Kier molecular flexibility index (Phi) is 5.40. The first-order valence-electron chi connectivity index (χ1n) is 8.07. The van der Waals surface area contributed by atoms with Crippen LogP contribution < -0.4 is 10.9 Å². The number of amides is 1. The summed E-state index contributed by atoms with van der Waals surface area (Å²) in [6.07, 6.45) is 3.15. The summed E-state index contributed by atoms with van der Waals surface area (Å²) in [5.74, 6) is 0.103. The Labute approximate surface area is 159 Å². The van der Waals surface area contributed by atoms with Gasteiger partial charge in [-0.1, -0.05) is 30.0 Å². The molecule has 0 unspecified atom stereocenters. The van der Waals surface area contributed by atoms with E-state index in [1.54, 1.807) is 24.4 Å². The number of rotatable bonds is 5. The van der Waals surface area contributed by atoms with Gasteiger partial charge in [0.15, 0.2) is 0 Å². The Balaban J connectivity index is 2.14. The van der Waals surface area contributed by atoms with E-state index in [9.17, 15) is 9.59 Å². The number of aliphatic hydroxyl groups is 1. The number of nitrogens with one attached hydrogen (secondary N) is 1. The molecule has 0 aromatic carbocycles. The highest BCUT2D eigenvalue weighted by molar-refractivity contribution is 8.26. The van der Waals surface area contributed by atoms with Crippen molar-refractivity contribution < 1.29 is 9.90 Å². The van der Waals surface area contributed by atoms with E-state index in [-0.39, 0.29) is 36.2 Å². The quantitative estimate of drug-likeness (QED) is 0.594. The van der Waals surface area contributed by atoms with Crippen LogP contribution in [0.3, 0.4) is 0 Å². The summed E-state index contributed by atoms with van der Waals surface area (Å²) in [6.45, 7) is 3.90. The number of pyridine rings is 1. The van der Waals surface area contributed by atoms with Crippen LogP contribution in [0.15, 0.2) is 34.1 Å². The molecule has 2 aromatic rings. The fourth-order valence-corrected chi connectivity index (χ4v) is 4.10. The normalized spacial score (nSPS) is 16.3. The van der Waals surface area contributed by atoms with Crippen LogP contribution >= 0.6 is 24.0 Å². The first kappa shape index (κ1) is 18.6. The molecule has 1 amide bonds. The molecule has 136 valence electrons. The third kappa shape index (κ3) is 3.37. The van der Waals surface area contributed by atoms with Crippen molar-refractivity contribution in [1.82, 2.24) is 14.3 Å². The molecule has 2 aromatic heterocycles. The summed E-state index contributed by atoms with van der Waals surface area (Å²) < 4.78 is 1.88. The minimum Gasteiger partial charge on any atom is -0.395 e. The highest BCUT2D eigenvalue weighted by Gasteiger charge is 2.34. The molecule has 3 heterocycles. The lowest BCUT2D eigenvalue weighted by molar-refractivity contribution is -0.123. The van der Waals surface area contributed by atoms with Gasteiger partial charge in [-0.3, -0.25) is 18.9 Å². The van der Waals surface area contributed by atoms with Gasteiger partial charge < -0.3 is 10.4 Å². The van der Waals surface area contributed by atoms with Gasteiger partial charge in [0.05, 0.1) is 17.1 Å². The number of fused-ring (bicyclic) bond motifs is 1. The lowest BCUT2D eigenvalue weighted by Gasteiger charge is -2.18. The SMILES string of the molecule is CC(C)N1C(=O)C(=Cc2c(NCCO)nc3ccccn3c2=O)SC1=S. The smallest absolute Gasteiger partial charge is 0.267 e. The molecule has 0 saturated carbocycles. The maximum absolute atomic E-state index is 12.9. The fraction of sp³-hybridized carbons (Fsp3) is 0.294. The summed E-state index contributed by atoms with van der Waals surface area (Å²) in [5, 5.41) is 12.0. The molecule has 0 radical (unpaired) electrons. The Morgan fingerprint density at radius 1 is 1.38 bits per heavy atom. The molecule has 1 saturated heterocycles. The van der Waals surface area contributed by atoms with Crippen molar-refractivity contribution in [3.05, 3.63) is 45.2 Å². The van der Waals surface area contributed by atoms with Crippen LogP contribution in [-0.2, 0) is 4.79 Å². The van der Waals surface area contributed by atoms with Crippen LogP contribution in [0.5, 0.6) is 0 Å². The number of thiocarbonyl (C=S) groups is 1. The van der Waals surface area contributed by atoms with Gasteiger partial charge in [-0.15, -0.1) is 0 Å². The van der Waals surface area contributed by atoms with E-state index in [0.717, 1.165) is 0 Å². The zero-order valence-electron chi connectivity index (χ0n) is 14.3. The molecule has 26 heavy (non-hydrogen) atoms. The maximum atomic E-state index is 12.9. The third-order valence-electron chi connectivity index (χ3n) is 3.79. The summed E-state index contributed by atoms with van der Waals surface area (Å²) in [6, 6.07) is 5.17. The fourth-order valence-electron chi connectivity index (χ4n) is 2.60. The van der Waals surface area contributed by atoms with E-state index < -0.39 is 0 Å². The molecule has 1 aliphatic rings. The molecule has 0 spiro atoms. The van der Waals surface area contributed by atoms with Crippen LogP contribution in [0.1, 0.15) is 19.4 Å². The van der Waals surface area contributed by atoms with Gasteiger partial charge in [0, 0.05) is 18.8 Å². The minimum absolute atomic E-state index is 0.0591. The highest BCUT2D eigenvalue weighted by Crippen LogP contribution is 2.34. The number of carbonyl (C=O) groups is 1. The van der Waals surface area contributed by atoms with Crippen molar-refractivity contribution in [2.75, 3.05) is 18.5 Å². The van der Waals surface area contributed by atoms with Gasteiger partial charge in [-0.2, -0.15) is 0 Å². The summed E-state index contributed by atoms with van der Waals surface area (Å²) in [4.78, 5) is 31.9. The first-order chi connectivity index (χ1) is 12.4. The molecule has 9 heteroatoms. The lowest BCUT2D eigenvalue weighted by Crippen LogP contribution is -2.34. The van der Waals surface area contributed by atoms with E-state index in [1.165, 1.54) is 27.1 Å². The molecule has 1 fully saturated rings. The number of anilines is 1. The first-order valence-corrected chi connectivity index (χ1v) is 9.29. The number of nitrogens with zero attached hydrogens (tertiary/aromatic N) is 3.